The molecule has 2 heterocycles. The van der Waals surface area contributed by atoms with Gasteiger partial charge >= 0.3 is 0 Å². The minimum Gasteiger partial charge on any atom is -0.383 e. The first-order valence-corrected chi connectivity index (χ1v) is 9.26. The number of hydrogen-bond donors (Lipinski definition) is 1. The molecule has 1 N–H and O–H groups in total. The van der Waals surface area contributed by atoms with E-state index in [1.807, 2.05) is 7.05 Å². The lowest BCUT2D eigenvalue weighted by Crippen LogP contribution is -2.44. The normalized spacial score (nSPS) is 25.8. The zero-order valence-electron chi connectivity index (χ0n) is 15.7. The molecule has 7 nitrogen and oxygen atoms in total. The van der Waals surface area contributed by atoms with Gasteiger partial charge in [-0.1, -0.05) is 0 Å². The highest BCUT2D eigenvalue weighted by Crippen LogP contribution is 2.38. The van der Waals surface area contributed by atoms with Crippen molar-refractivity contribution in [2.45, 2.75) is 50.1 Å². The van der Waals surface area contributed by atoms with Crippen LogP contribution in [0.15, 0.2) is 12.4 Å². The molecule has 2 amide bonds. The number of carbonyl (C=O) groups excluding carboxylic acids is 2. The molecular formula is C18H26F2N4O3. The first-order chi connectivity index (χ1) is 12.8. The van der Waals surface area contributed by atoms with Crippen molar-refractivity contribution in [1.82, 2.24) is 19.8 Å². The van der Waals surface area contributed by atoms with E-state index >= 15 is 0 Å². The van der Waals surface area contributed by atoms with Crippen molar-refractivity contribution in [3.63, 3.8) is 0 Å². The standard InChI is InChI=1S/C18H26F2N4O3/c1-23-8-7-21-16(23)15-13(11-14(25)24(15)9-10-27-2)17(26)22-12-3-5-18(19,20)6-4-12/h7-8,12-13,15H,3-6,9-11H2,1-2H3,(H,22,26)/t13-,15-/m0/s1. The van der Waals surface area contributed by atoms with Gasteiger partial charge in [-0.15, -0.1) is 0 Å². The molecule has 0 spiro atoms. The van der Waals surface area contributed by atoms with E-state index in [0.29, 0.717) is 19.0 Å². The van der Waals surface area contributed by atoms with Crippen LogP contribution in [-0.2, 0) is 21.4 Å². The summed E-state index contributed by atoms with van der Waals surface area (Å²) in [5.41, 5.74) is 0. The molecule has 0 aromatic carbocycles. The van der Waals surface area contributed by atoms with Gasteiger partial charge in [0.25, 0.3) is 0 Å². The number of likely N-dealkylation sites (tertiary alicyclic amines) is 1. The Morgan fingerprint density at radius 1 is 1.41 bits per heavy atom. The van der Waals surface area contributed by atoms with Crippen molar-refractivity contribution in [1.29, 1.82) is 0 Å². The van der Waals surface area contributed by atoms with E-state index in [-0.39, 0.29) is 50.0 Å². The minimum absolute atomic E-state index is 0.0793. The van der Waals surface area contributed by atoms with E-state index in [0.717, 1.165) is 0 Å². The molecule has 1 saturated carbocycles. The van der Waals surface area contributed by atoms with Crippen molar-refractivity contribution < 1.29 is 23.1 Å². The smallest absolute Gasteiger partial charge is 0.248 e. The Hall–Kier alpha value is -2.03. The van der Waals surface area contributed by atoms with Crippen LogP contribution in [0.4, 0.5) is 8.78 Å². The second kappa shape index (κ2) is 7.92. The predicted molar refractivity (Wildman–Crippen MR) is 93.0 cm³/mol. The summed E-state index contributed by atoms with van der Waals surface area (Å²) in [6.07, 6.45) is 3.54. The summed E-state index contributed by atoms with van der Waals surface area (Å²) in [5, 5.41) is 2.89. The maximum Gasteiger partial charge on any atom is 0.248 e. The number of amides is 2. The van der Waals surface area contributed by atoms with Gasteiger partial charge in [0.2, 0.25) is 17.7 Å². The van der Waals surface area contributed by atoms with E-state index in [1.165, 1.54) is 0 Å². The lowest BCUT2D eigenvalue weighted by atomic mass is 9.91. The van der Waals surface area contributed by atoms with Gasteiger partial charge in [0.15, 0.2) is 0 Å². The molecule has 150 valence electrons. The number of aromatic nitrogens is 2. The molecule has 2 fully saturated rings. The second-order valence-electron chi connectivity index (χ2n) is 7.37. The summed E-state index contributed by atoms with van der Waals surface area (Å²) in [5.74, 6) is -3.01. The van der Waals surface area contributed by atoms with Crippen molar-refractivity contribution in [2.75, 3.05) is 20.3 Å². The Labute approximate surface area is 157 Å². The van der Waals surface area contributed by atoms with Crippen LogP contribution < -0.4 is 5.32 Å². The number of halogens is 2. The van der Waals surface area contributed by atoms with Crippen LogP contribution in [0, 0.1) is 5.92 Å². The molecule has 27 heavy (non-hydrogen) atoms. The summed E-state index contributed by atoms with van der Waals surface area (Å²) in [6, 6.07) is -0.764. The highest BCUT2D eigenvalue weighted by atomic mass is 19.3. The van der Waals surface area contributed by atoms with Gasteiger partial charge in [-0.25, -0.2) is 13.8 Å². The molecule has 9 heteroatoms. The third-order valence-corrected chi connectivity index (χ3v) is 5.49. The number of ether oxygens (including phenoxy) is 1. The lowest BCUT2D eigenvalue weighted by molar-refractivity contribution is -0.130. The maximum atomic E-state index is 13.3. The van der Waals surface area contributed by atoms with Gasteiger partial charge in [-0.2, -0.15) is 0 Å². The van der Waals surface area contributed by atoms with Crippen molar-refractivity contribution in [2.24, 2.45) is 13.0 Å². The number of alkyl halides is 2. The summed E-state index contributed by atoms with van der Waals surface area (Å²) in [6.45, 7) is 0.727. The van der Waals surface area contributed by atoms with Gasteiger partial charge in [0.05, 0.1) is 12.5 Å². The van der Waals surface area contributed by atoms with Crippen molar-refractivity contribution in [3.8, 4) is 0 Å². The third kappa shape index (κ3) is 4.28. The van der Waals surface area contributed by atoms with Crippen LogP contribution in [0.25, 0.3) is 0 Å². The maximum absolute atomic E-state index is 13.3. The first kappa shape index (κ1) is 19.7. The number of aryl methyl sites for hydroxylation is 1. The Morgan fingerprint density at radius 3 is 2.70 bits per heavy atom. The van der Waals surface area contributed by atoms with Crippen LogP contribution in [-0.4, -0.2) is 58.5 Å². The Bertz CT molecular complexity index is 684. The number of nitrogens with zero attached hydrogens (tertiary/aromatic N) is 3. The molecule has 1 aliphatic carbocycles. The fourth-order valence-electron chi connectivity index (χ4n) is 3.95. The number of imidazole rings is 1. The zero-order valence-corrected chi connectivity index (χ0v) is 15.7. The molecule has 1 aromatic rings. The summed E-state index contributed by atoms with van der Waals surface area (Å²) in [4.78, 5) is 31.4. The number of nitrogens with one attached hydrogen (secondary N) is 1. The van der Waals surface area contributed by atoms with Crippen LogP contribution in [0.3, 0.4) is 0 Å². The quantitative estimate of drug-likeness (QED) is 0.809. The third-order valence-electron chi connectivity index (χ3n) is 5.49. The van der Waals surface area contributed by atoms with Crippen molar-refractivity contribution in [3.05, 3.63) is 18.2 Å². The average molecular weight is 384 g/mol. The van der Waals surface area contributed by atoms with E-state index in [2.05, 4.69) is 10.3 Å². The van der Waals surface area contributed by atoms with Gasteiger partial charge in [-0.05, 0) is 12.8 Å². The summed E-state index contributed by atoms with van der Waals surface area (Å²) >= 11 is 0. The Balaban J connectivity index is 1.75. The molecule has 1 aliphatic heterocycles. The average Bonchev–Trinajstić information content (AvgIpc) is 3.17. The molecule has 0 unspecified atom stereocenters. The number of carbonyl (C=O) groups is 2. The van der Waals surface area contributed by atoms with Crippen molar-refractivity contribution >= 4 is 11.8 Å². The topological polar surface area (TPSA) is 76.5 Å². The minimum atomic E-state index is -2.64. The monoisotopic (exact) mass is 384 g/mol. The first-order valence-electron chi connectivity index (χ1n) is 9.26. The van der Waals surface area contributed by atoms with E-state index in [9.17, 15) is 18.4 Å². The molecule has 1 aromatic heterocycles. The fraction of sp³-hybridized carbons (Fsp3) is 0.722. The predicted octanol–water partition coefficient (Wildman–Crippen LogP) is 1.65. The molecule has 3 rings (SSSR count). The molecular weight excluding hydrogens is 358 g/mol. The molecule has 0 radical (unpaired) electrons. The van der Waals surface area contributed by atoms with Crippen LogP contribution in [0.2, 0.25) is 0 Å². The van der Waals surface area contributed by atoms with Crippen LogP contribution in [0.1, 0.15) is 44.0 Å². The van der Waals surface area contributed by atoms with Crippen LogP contribution in [0.5, 0.6) is 0 Å². The number of hydrogen-bond acceptors (Lipinski definition) is 4. The fourth-order valence-corrected chi connectivity index (χ4v) is 3.95. The van der Waals surface area contributed by atoms with E-state index in [4.69, 9.17) is 4.74 Å². The number of rotatable bonds is 6. The van der Waals surface area contributed by atoms with E-state index < -0.39 is 17.9 Å². The van der Waals surface area contributed by atoms with Crippen LogP contribution >= 0.6 is 0 Å². The molecule has 1 saturated heterocycles. The summed E-state index contributed by atoms with van der Waals surface area (Å²) < 4.78 is 33.6. The van der Waals surface area contributed by atoms with Gasteiger partial charge in [0, 0.05) is 58.4 Å². The molecule has 0 bridgehead atoms. The highest BCUT2D eigenvalue weighted by molar-refractivity contribution is 5.90. The Kier molecular flexibility index (Phi) is 5.78. The number of methoxy groups -OCH3 is 1. The molecule has 2 atom stereocenters. The second-order valence-corrected chi connectivity index (χ2v) is 7.37. The summed E-state index contributed by atoms with van der Waals surface area (Å²) in [7, 11) is 3.37. The Morgan fingerprint density at radius 2 is 2.11 bits per heavy atom. The zero-order chi connectivity index (χ0) is 19.6. The SMILES string of the molecule is COCCN1C(=O)C[C@H](C(=O)NC2CCC(F)(F)CC2)[C@H]1c1nccn1C. The van der Waals surface area contributed by atoms with Gasteiger partial charge < -0.3 is 19.5 Å². The van der Waals surface area contributed by atoms with Gasteiger partial charge in [0.1, 0.15) is 11.9 Å². The van der Waals surface area contributed by atoms with Gasteiger partial charge in [-0.3, -0.25) is 9.59 Å². The highest BCUT2D eigenvalue weighted by Gasteiger charge is 2.47. The largest absolute Gasteiger partial charge is 0.383 e. The van der Waals surface area contributed by atoms with E-state index in [1.54, 1.807) is 29.0 Å². The lowest BCUT2D eigenvalue weighted by Gasteiger charge is -2.31. The molecule has 2 aliphatic rings.